The molecule has 0 bridgehead atoms. The van der Waals surface area contributed by atoms with Crippen LogP contribution in [0.4, 0.5) is 5.69 Å². The van der Waals surface area contributed by atoms with Crippen LogP contribution < -0.4 is 5.73 Å². The smallest absolute Gasteiger partial charge is 0.0467 e. The van der Waals surface area contributed by atoms with Crippen LogP contribution in [0.5, 0.6) is 0 Å². The van der Waals surface area contributed by atoms with Crippen LogP contribution in [0, 0.1) is 5.92 Å². The fourth-order valence-electron chi connectivity index (χ4n) is 1.76. The normalized spacial score (nSPS) is 12.6. The van der Waals surface area contributed by atoms with Gasteiger partial charge in [0.1, 0.15) is 0 Å². The molecule has 0 heterocycles. The van der Waals surface area contributed by atoms with Crippen molar-refractivity contribution in [3.63, 3.8) is 0 Å². The van der Waals surface area contributed by atoms with Crippen LogP contribution >= 0.6 is 23.4 Å². The lowest BCUT2D eigenvalue weighted by atomic mass is 10.0. The molecule has 96 valence electrons. The average molecular weight is 272 g/mol. The molecule has 3 heteroatoms. The molecule has 0 saturated heterocycles. The van der Waals surface area contributed by atoms with Crippen LogP contribution in [0.25, 0.3) is 0 Å². The van der Waals surface area contributed by atoms with Crippen molar-refractivity contribution in [2.24, 2.45) is 5.92 Å². The summed E-state index contributed by atoms with van der Waals surface area (Å²) in [5.41, 5.74) is 6.74. The molecule has 1 aromatic carbocycles. The molecule has 1 nitrogen and oxygen atoms in total. The van der Waals surface area contributed by atoms with Crippen LogP contribution in [0.1, 0.15) is 39.5 Å². The molecule has 0 aliphatic carbocycles. The summed E-state index contributed by atoms with van der Waals surface area (Å²) >= 11 is 7.74. The van der Waals surface area contributed by atoms with Crippen LogP contribution in [0.3, 0.4) is 0 Å². The molecule has 0 aliphatic rings. The third-order valence-corrected chi connectivity index (χ3v) is 4.55. The quantitative estimate of drug-likeness (QED) is 0.543. The second kappa shape index (κ2) is 7.88. The number of thioether (sulfide) groups is 1. The second-order valence-corrected chi connectivity index (χ2v) is 5.91. The van der Waals surface area contributed by atoms with Gasteiger partial charge in [0.15, 0.2) is 0 Å². The zero-order chi connectivity index (χ0) is 12.7. The number of rotatable bonds is 7. The maximum absolute atomic E-state index is 5.94. The van der Waals surface area contributed by atoms with Crippen molar-refractivity contribution in [2.75, 3.05) is 11.5 Å². The molecule has 0 aromatic heterocycles. The van der Waals surface area contributed by atoms with Crippen LogP contribution in [0.15, 0.2) is 23.1 Å². The van der Waals surface area contributed by atoms with Crippen molar-refractivity contribution in [3.05, 3.63) is 23.2 Å². The summed E-state index contributed by atoms with van der Waals surface area (Å²) in [6, 6.07) is 5.76. The van der Waals surface area contributed by atoms with E-state index in [4.69, 9.17) is 17.3 Å². The molecule has 17 heavy (non-hydrogen) atoms. The lowest BCUT2D eigenvalue weighted by Gasteiger charge is -2.14. The highest BCUT2D eigenvalue weighted by Gasteiger charge is 2.08. The number of halogens is 1. The number of benzene rings is 1. The fraction of sp³-hybridized carbons (Fsp3) is 0.571. The largest absolute Gasteiger partial charge is 0.398 e. The number of hydrogen-bond acceptors (Lipinski definition) is 2. The molecule has 0 amide bonds. The van der Waals surface area contributed by atoms with Gasteiger partial charge in [0, 0.05) is 21.4 Å². The summed E-state index contributed by atoms with van der Waals surface area (Å²) in [7, 11) is 0. The van der Waals surface area contributed by atoms with Gasteiger partial charge < -0.3 is 5.73 Å². The van der Waals surface area contributed by atoms with Gasteiger partial charge in [0.25, 0.3) is 0 Å². The molecule has 2 N–H and O–H groups in total. The van der Waals surface area contributed by atoms with Crippen molar-refractivity contribution in [1.29, 1.82) is 0 Å². The van der Waals surface area contributed by atoms with Gasteiger partial charge in [-0.25, -0.2) is 0 Å². The third kappa shape index (κ3) is 5.22. The fourth-order valence-corrected chi connectivity index (χ4v) is 3.14. The molecular formula is C14H22ClNS. The van der Waals surface area contributed by atoms with Crippen molar-refractivity contribution in [1.82, 2.24) is 0 Å². The van der Waals surface area contributed by atoms with Gasteiger partial charge in [-0.05, 0) is 30.5 Å². The molecule has 1 aromatic rings. The van der Waals surface area contributed by atoms with Crippen LogP contribution in [-0.2, 0) is 0 Å². The van der Waals surface area contributed by atoms with E-state index >= 15 is 0 Å². The average Bonchev–Trinajstić information content (AvgIpc) is 2.31. The molecule has 0 saturated carbocycles. The Labute approximate surface area is 114 Å². The number of unbranched alkanes of at least 4 members (excludes halogenated alkanes) is 1. The number of hydrogen-bond donors (Lipinski definition) is 1. The minimum absolute atomic E-state index is 0.713. The molecule has 1 rings (SSSR count). The Morgan fingerprint density at radius 2 is 2.12 bits per heavy atom. The monoisotopic (exact) mass is 271 g/mol. The Kier molecular flexibility index (Phi) is 6.83. The maximum Gasteiger partial charge on any atom is 0.0467 e. The highest BCUT2D eigenvalue weighted by Crippen LogP contribution is 2.30. The van der Waals surface area contributed by atoms with Crippen molar-refractivity contribution in [3.8, 4) is 0 Å². The van der Waals surface area contributed by atoms with E-state index in [-0.39, 0.29) is 0 Å². The van der Waals surface area contributed by atoms with E-state index in [0.29, 0.717) is 5.02 Å². The second-order valence-electron chi connectivity index (χ2n) is 4.41. The summed E-state index contributed by atoms with van der Waals surface area (Å²) < 4.78 is 0. The van der Waals surface area contributed by atoms with Gasteiger partial charge in [-0.2, -0.15) is 0 Å². The Hall–Kier alpha value is -0.340. The zero-order valence-corrected chi connectivity index (χ0v) is 12.3. The summed E-state index contributed by atoms with van der Waals surface area (Å²) in [5, 5.41) is 0.713. The third-order valence-electron chi connectivity index (χ3n) is 2.99. The molecule has 0 spiro atoms. The first kappa shape index (κ1) is 14.7. The first-order valence-electron chi connectivity index (χ1n) is 6.35. The Balaban J connectivity index is 2.47. The maximum atomic E-state index is 5.94. The van der Waals surface area contributed by atoms with Gasteiger partial charge in [-0.15, -0.1) is 11.8 Å². The molecule has 1 atom stereocenters. The molecule has 0 radical (unpaired) electrons. The molecular weight excluding hydrogens is 250 g/mol. The van der Waals surface area contributed by atoms with Crippen molar-refractivity contribution in [2.45, 2.75) is 44.4 Å². The zero-order valence-electron chi connectivity index (χ0n) is 10.7. The SMILES string of the molecule is CCCCC(CC)CSc1ccc(Cl)cc1N. The minimum atomic E-state index is 0.713. The van der Waals surface area contributed by atoms with Gasteiger partial charge in [-0.3, -0.25) is 0 Å². The predicted octanol–water partition coefficient (Wildman–Crippen LogP) is 5.23. The van der Waals surface area contributed by atoms with Gasteiger partial charge >= 0.3 is 0 Å². The van der Waals surface area contributed by atoms with Crippen molar-refractivity contribution >= 4 is 29.1 Å². The van der Waals surface area contributed by atoms with Crippen LogP contribution in [0.2, 0.25) is 5.02 Å². The van der Waals surface area contributed by atoms with Gasteiger partial charge in [0.05, 0.1) is 0 Å². The lowest BCUT2D eigenvalue weighted by molar-refractivity contribution is 0.499. The molecule has 0 aliphatic heterocycles. The van der Waals surface area contributed by atoms with E-state index in [9.17, 15) is 0 Å². The summed E-state index contributed by atoms with van der Waals surface area (Å²) in [6.45, 7) is 4.52. The summed E-state index contributed by atoms with van der Waals surface area (Å²) in [4.78, 5) is 1.16. The Morgan fingerprint density at radius 1 is 1.35 bits per heavy atom. The summed E-state index contributed by atoms with van der Waals surface area (Å²) in [6.07, 6.45) is 5.19. The first-order valence-corrected chi connectivity index (χ1v) is 7.71. The highest BCUT2D eigenvalue weighted by molar-refractivity contribution is 7.99. The number of nitrogens with two attached hydrogens (primary N) is 1. The lowest BCUT2D eigenvalue weighted by Crippen LogP contribution is -2.02. The Morgan fingerprint density at radius 3 is 2.71 bits per heavy atom. The van der Waals surface area contributed by atoms with E-state index in [1.165, 1.54) is 25.7 Å². The minimum Gasteiger partial charge on any atom is -0.398 e. The van der Waals surface area contributed by atoms with E-state index in [1.54, 1.807) is 0 Å². The van der Waals surface area contributed by atoms with E-state index in [0.717, 1.165) is 22.3 Å². The van der Waals surface area contributed by atoms with E-state index in [2.05, 4.69) is 13.8 Å². The van der Waals surface area contributed by atoms with E-state index in [1.807, 2.05) is 30.0 Å². The number of anilines is 1. The van der Waals surface area contributed by atoms with Crippen molar-refractivity contribution < 1.29 is 0 Å². The standard InChI is InChI=1S/C14H22ClNS/c1-3-5-6-11(4-2)10-17-14-8-7-12(15)9-13(14)16/h7-9,11H,3-6,10,16H2,1-2H3. The highest BCUT2D eigenvalue weighted by atomic mass is 35.5. The van der Waals surface area contributed by atoms with Gasteiger partial charge in [-0.1, -0.05) is 44.7 Å². The Bertz CT molecular complexity index is 341. The van der Waals surface area contributed by atoms with Crippen LogP contribution in [-0.4, -0.2) is 5.75 Å². The molecule has 0 fully saturated rings. The van der Waals surface area contributed by atoms with E-state index < -0.39 is 0 Å². The number of nitrogen functional groups attached to an aromatic ring is 1. The van der Waals surface area contributed by atoms with Gasteiger partial charge in [0.2, 0.25) is 0 Å². The molecule has 1 unspecified atom stereocenters. The summed E-state index contributed by atoms with van der Waals surface area (Å²) in [5.74, 6) is 1.96. The predicted molar refractivity (Wildman–Crippen MR) is 79.9 cm³/mol. The first-order chi connectivity index (χ1) is 8.17. The topological polar surface area (TPSA) is 26.0 Å².